The van der Waals surface area contributed by atoms with E-state index < -0.39 is 24.0 Å². The first-order valence-corrected chi connectivity index (χ1v) is 8.06. The average molecular weight is 371 g/mol. The first-order chi connectivity index (χ1) is 12.5. The number of hydrogen-bond acceptors (Lipinski definition) is 5. The molecule has 1 heterocycles. The zero-order valence-electron chi connectivity index (χ0n) is 13.4. The van der Waals surface area contributed by atoms with Gasteiger partial charge in [-0.3, -0.25) is 9.59 Å². The number of rotatable bonds is 5. The number of carboxylic acid groups (broad SMARTS) is 1. The largest absolute Gasteiger partial charge is 0.543 e. The lowest BCUT2D eigenvalue weighted by atomic mass is 10.1. The Labute approximate surface area is 152 Å². The van der Waals surface area contributed by atoms with Gasteiger partial charge >= 0.3 is 0 Å². The predicted molar refractivity (Wildman–Crippen MR) is 93.6 cm³/mol. The van der Waals surface area contributed by atoms with Crippen LogP contribution in [0.4, 0.5) is 0 Å². The summed E-state index contributed by atoms with van der Waals surface area (Å²) in [5, 5.41) is 18.6. The summed E-state index contributed by atoms with van der Waals surface area (Å²) >= 11 is 5.88. The summed E-state index contributed by atoms with van der Waals surface area (Å²) in [6, 6.07) is 13.1. The highest BCUT2D eigenvalue weighted by Gasteiger charge is 2.13. The first-order valence-electron chi connectivity index (χ1n) is 7.68. The number of carboxylic acids is 1. The molecule has 132 valence electrons. The van der Waals surface area contributed by atoms with E-state index in [1.54, 1.807) is 36.4 Å². The molecule has 0 saturated carbocycles. The molecule has 0 atom stereocenters. The first kappa shape index (κ1) is 17.6. The van der Waals surface area contributed by atoms with E-state index in [4.69, 9.17) is 11.6 Å². The molecule has 1 aromatic heterocycles. The number of nitrogens with zero attached hydrogens (tertiary/aromatic N) is 2. The molecule has 1 N–H and O–H groups in total. The Morgan fingerprint density at radius 3 is 2.54 bits per heavy atom. The Morgan fingerprint density at radius 2 is 1.85 bits per heavy atom. The van der Waals surface area contributed by atoms with E-state index in [1.165, 1.54) is 12.1 Å². The summed E-state index contributed by atoms with van der Waals surface area (Å²) in [4.78, 5) is 35.9. The third-order valence-electron chi connectivity index (χ3n) is 3.73. The summed E-state index contributed by atoms with van der Waals surface area (Å²) in [6.45, 7) is -0.195. The second-order valence-electron chi connectivity index (χ2n) is 5.55. The van der Waals surface area contributed by atoms with Gasteiger partial charge in [-0.05, 0) is 23.8 Å². The summed E-state index contributed by atoms with van der Waals surface area (Å²) in [5.41, 5.74) is -0.147. The van der Waals surface area contributed by atoms with Gasteiger partial charge in [0.2, 0.25) is 5.91 Å². The minimum absolute atomic E-state index is 0.157. The van der Waals surface area contributed by atoms with Gasteiger partial charge in [0.05, 0.1) is 11.4 Å². The van der Waals surface area contributed by atoms with Crippen LogP contribution in [0.5, 0.6) is 0 Å². The molecule has 0 aliphatic carbocycles. The number of halogens is 1. The molecule has 3 aromatic rings. The molecule has 0 bridgehead atoms. The van der Waals surface area contributed by atoms with Crippen LogP contribution in [-0.2, 0) is 17.9 Å². The summed E-state index contributed by atoms with van der Waals surface area (Å²) in [7, 11) is 0. The summed E-state index contributed by atoms with van der Waals surface area (Å²) in [6.07, 6.45) is 0. The lowest BCUT2D eigenvalue weighted by molar-refractivity contribution is -0.255. The van der Waals surface area contributed by atoms with Gasteiger partial charge in [-0.2, -0.15) is 5.10 Å². The zero-order valence-corrected chi connectivity index (χ0v) is 14.2. The molecule has 8 heteroatoms. The molecule has 2 aromatic carbocycles. The van der Waals surface area contributed by atoms with E-state index in [1.807, 2.05) is 0 Å². The van der Waals surface area contributed by atoms with E-state index >= 15 is 0 Å². The second kappa shape index (κ2) is 7.37. The maximum absolute atomic E-state index is 12.4. The highest BCUT2D eigenvalue weighted by Crippen LogP contribution is 2.12. The number of fused-ring (bicyclic) bond motifs is 1. The van der Waals surface area contributed by atoms with Crippen LogP contribution in [0.3, 0.4) is 0 Å². The van der Waals surface area contributed by atoms with Crippen LogP contribution in [0.15, 0.2) is 53.3 Å². The van der Waals surface area contributed by atoms with Crippen LogP contribution in [0, 0.1) is 0 Å². The maximum Gasteiger partial charge on any atom is 0.275 e. The van der Waals surface area contributed by atoms with Crippen molar-refractivity contribution in [3.63, 3.8) is 0 Å². The van der Waals surface area contributed by atoms with Crippen molar-refractivity contribution in [2.45, 2.75) is 13.1 Å². The topological polar surface area (TPSA) is 104 Å². The molecular formula is C18H13ClN3O4-. The van der Waals surface area contributed by atoms with Crippen molar-refractivity contribution < 1.29 is 14.7 Å². The summed E-state index contributed by atoms with van der Waals surface area (Å²) < 4.78 is 0.820. The fourth-order valence-corrected chi connectivity index (χ4v) is 2.75. The van der Waals surface area contributed by atoms with Gasteiger partial charge in [-0.15, -0.1) is 0 Å². The van der Waals surface area contributed by atoms with Crippen molar-refractivity contribution in [3.05, 3.63) is 75.2 Å². The number of carbonyl (C=O) groups is 2. The number of aromatic nitrogens is 2. The standard InChI is InChI=1S/C18H14ClN3O4/c19-12-5-3-4-11(8-12)9-20-15(23)10-22-17(24)14-7-2-1-6-13(14)16(21-22)18(25)26/h1-8H,9-10H2,(H,20,23)(H,25,26)/p-1. The van der Waals surface area contributed by atoms with Gasteiger partial charge in [0.1, 0.15) is 12.2 Å². The van der Waals surface area contributed by atoms with Gasteiger partial charge < -0.3 is 15.2 Å². The number of hydrogen-bond donors (Lipinski definition) is 1. The third-order valence-corrected chi connectivity index (χ3v) is 3.97. The Kier molecular flexibility index (Phi) is 4.99. The lowest BCUT2D eigenvalue weighted by Gasteiger charge is -2.11. The van der Waals surface area contributed by atoms with Crippen LogP contribution >= 0.6 is 11.6 Å². The maximum atomic E-state index is 12.4. The quantitative estimate of drug-likeness (QED) is 0.713. The lowest BCUT2D eigenvalue weighted by Crippen LogP contribution is -2.36. The van der Waals surface area contributed by atoms with Crippen molar-refractivity contribution in [1.29, 1.82) is 0 Å². The van der Waals surface area contributed by atoms with Crippen molar-refractivity contribution in [2.75, 3.05) is 0 Å². The molecule has 0 fully saturated rings. The molecule has 3 rings (SSSR count). The van der Waals surface area contributed by atoms with Crippen LogP contribution in [-0.4, -0.2) is 21.7 Å². The van der Waals surface area contributed by atoms with Gasteiger partial charge in [0.25, 0.3) is 5.56 Å². The molecule has 1 amide bonds. The third kappa shape index (κ3) is 3.73. The van der Waals surface area contributed by atoms with Gasteiger partial charge in [-0.25, -0.2) is 4.68 Å². The van der Waals surface area contributed by atoms with E-state index in [9.17, 15) is 19.5 Å². The van der Waals surface area contributed by atoms with Gasteiger partial charge in [-0.1, -0.05) is 41.9 Å². The second-order valence-corrected chi connectivity index (χ2v) is 5.99. The van der Waals surface area contributed by atoms with Crippen molar-refractivity contribution >= 4 is 34.2 Å². The molecule has 0 spiro atoms. The Balaban J connectivity index is 1.84. The Hall–Kier alpha value is -3.19. The number of nitrogens with one attached hydrogen (secondary N) is 1. The Bertz CT molecular complexity index is 1060. The predicted octanol–water partition coefficient (Wildman–Crippen LogP) is 0.730. The van der Waals surface area contributed by atoms with Crippen LogP contribution in [0.1, 0.15) is 16.1 Å². The van der Waals surface area contributed by atoms with E-state index in [0.717, 1.165) is 10.2 Å². The zero-order chi connectivity index (χ0) is 18.7. The van der Waals surface area contributed by atoms with Crippen molar-refractivity contribution in [3.8, 4) is 0 Å². The van der Waals surface area contributed by atoms with Crippen LogP contribution < -0.4 is 16.0 Å². The number of aromatic carboxylic acids is 1. The van der Waals surface area contributed by atoms with Crippen molar-refractivity contribution in [2.24, 2.45) is 0 Å². The number of benzene rings is 2. The molecule has 0 unspecified atom stereocenters. The normalized spacial score (nSPS) is 10.7. The molecular weight excluding hydrogens is 358 g/mol. The number of carbonyl (C=O) groups excluding carboxylic acids is 2. The fraction of sp³-hybridized carbons (Fsp3) is 0.111. The van der Waals surface area contributed by atoms with Crippen LogP contribution in [0.2, 0.25) is 5.02 Å². The molecule has 0 saturated heterocycles. The average Bonchev–Trinajstić information content (AvgIpc) is 2.62. The minimum atomic E-state index is -1.52. The molecule has 0 aliphatic rings. The molecule has 26 heavy (non-hydrogen) atoms. The molecule has 0 radical (unpaired) electrons. The van der Waals surface area contributed by atoms with Crippen LogP contribution in [0.25, 0.3) is 10.8 Å². The van der Waals surface area contributed by atoms with Crippen molar-refractivity contribution in [1.82, 2.24) is 15.1 Å². The fourth-order valence-electron chi connectivity index (χ4n) is 2.53. The minimum Gasteiger partial charge on any atom is -0.543 e. The van der Waals surface area contributed by atoms with E-state index in [2.05, 4.69) is 10.4 Å². The summed E-state index contributed by atoms with van der Waals surface area (Å²) in [5.74, 6) is -2.01. The number of amides is 1. The van der Waals surface area contributed by atoms with Gasteiger partial charge in [0.15, 0.2) is 0 Å². The molecule has 7 nitrogen and oxygen atoms in total. The smallest absolute Gasteiger partial charge is 0.275 e. The van der Waals surface area contributed by atoms with E-state index in [-0.39, 0.29) is 23.0 Å². The SMILES string of the molecule is O=C(Cn1nc(C(=O)[O-])c2ccccc2c1=O)NCc1cccc(Cl)c1. The van der Waals surface area contributed by atoms with E-state index in [0.29, 0.717) is 5.02 Å². The monoisotopic (exact) mass is 370 g/mol. The highest BCUT2D eigenvalue weighted by molar-refractivity contribution is 6.30. The Morgan fingerprint density at radius 1 is 1.12 bits per heavy atom. The highest BCUT2D eigenvalue weighted by atomic mass is 35.5. The molecule has 0 aliphatic heterocycles. The van der Waals surface area contributed by atoms with Gasteiger partial charge in [0, 0.05) is 17.0 Å².